The fraction of sp³-hybridized carbons (Fsp3) is 0.462. The number of aliphatic hydroxyl groups excluding tert-OH is 1. The van der Waals surface area contributed by atoms with Gasteiger partial charge in [0.2, 0.25) is 0 Å². The molecule has 3 rings (SSSR count). The quantitative estimate of drug-likeness (QED) is 0.720. The summed E-state index contributed by atoms with van der Waals surface area (Å²) in [6.07, 6.45) is 3.68. The number of aliphatic hydroxyl groups is 1. The predicted molar refractivity (Wildman–Crippen MR) is 74.4 cm³/mol. The Labute approximate surface area is 115 Å². The molecule has 0 saturated heterocycles. The minimum atomic E-state index is -0.504. The number of nitrogens with one attached hydrogen (secondary N) is 2. The summed E-state index contributed by atoms with van der Waals surface area (Å²) < 4.78 is 5.45. The minimum Gasteiger partial charge on any atom is -0.462 e. The van der Waals surface area contributed by atoms with Gasteiger partial charge in [-0.05, 0) is 24.3 Å². The van der Waals surface area contributed by atoms with Gasteiger partial charge in [0.05, 0.1) is 16.8 Å². The molecule has 19 heavy (non-hydrogen) atoms. The van der Waals surface area contributed by atoms with Crippen molar-refractivity contribution < 1.29 is 9.84 Å². The van der Waals surface area contributed by atoms with Crippen molar-refractivity contribution in [1.29, 1.82) is 0 Å². The number of hydrogen-bond acceptors (Lipinski definition) is 5. The second-order valence-corrected chi connectivity index (χ2v) is 5.67. The van der Waals surface area contributed by atoms with E-state index in [4.69, 9.17) is 4.74 Å². The van der Waals surface area contributed by atoms with Gasteiger partial charge in [0.15, 0.2) is 0 Å². The number of aromatic amines is 1. The second kappa shape index (κ2) is 5.73. The molecule has 2 aromatic rings. The minimum absolute atomic E-state index is 0.247. The molecule has 0 spiro atoms. The standard InChI is InChI=1S/C13H17N3O2S/c17-10(6-14-9-3-4-9)8-18-13-15-7-11(16-13)12-2-1-5-19-12/h1-2,5,7,9-10,14,17H,3-4,6,8H2,(H,15,16). The molecule has 1 atom stereocenters. The van der Waals surface area contributed by atoms with Crippen molar-refractivity contribution in [3.8, 4) is 16.6 Å². The zero-order chi connectivity index (χ0) is 13.1. The van der Waals surface area contributed by atoms with Crippen LogP contribution in [0.25, 0.3) is 10.6 Å². The molecule has 0 aromatic carbocycles. The van der Waals surface area contributed by atoms with E-state index in [2.05, 4.69) is 15.3 Å². The number of ether oxygens (including phenoxy) is 1. The molecule has 1 saturated carbocycles. The van der Waals surface area contributed by atoms with Crippen LogP contribution in [0, 0.1) is 0 Å². The number of aromatic nitrogens is 2. The van der Waals surface area contributed by atoms with Crippen molar-refractivity contribution >= 4 is 11.3 Å². The average Bonchev–Trinajstić information content (AvgIpc) is 2.92. The van der Waals surface area contributed by atoms with E-state index in [-0.39, 0.29) is 6.61 Å². The third-order valence-electron chi connectivity index (χ3n) is 2.97. The monoisotopic (exact) mass is 279 g/mol. The fourth-order valence-electron chi connectivity index (χ4n) is 1.76. The van der Waals surface area contributed by atoms with Crippen LogP contribution in [0.15, 0.2) is 23.7 Å². The third-order valence-corrected chi connectivity index (χ3v) is 3.87. The molecule has 2 aromatic heterocycles. The highest BCUT2D eigenvalue weighted by Gasteiger charge is 2.21. The number of hydrogen-bond donors (Lipinski definition) is 3. The van der Waals surface area contributed by atoms with Gasteiger partial charge in [-0.1, -0.05) is 6.07 Å². The van der Waals surface area contributed by atoms with Gasteiger partial charge in [0.25, 0.3) is 6.01 Å². The Balaban J connectivity index is 1.47. The van der Waals surface area contributed by atoms with Gasteiger partial charge in [-0.25, -0.2) is 4.98 Å². The van der Waals surface area contributed by atoms with Gasteiger partial charge in [-0.15, -0.1) is 11.3 Å². The van der Waals surface area contributed by atoms with Crippen LogP contribution in [0.4, 0.5) is 0 Å². The lowest BCUT2D eigenvalue weighted by Gasteiger charge is -2.11. The summed E-state index contributed by atoms with van der Waals surface area (Å²) >= 11 is 1.65. The number of imidazole rings is 1. The highest BCUT2D eigenvalue weighted by molar-refractivity contribution is 7.13. The van der Waals surface area contributed by atoms with Crippen LogP contribution in [0.5, 0.6) is 6.01 Å². The van der Waals surface area contributed by atoms with E-state index in [0.29, 0.717) is 18.6 Å². The molecule has 0 amide bonds. The molecule has 0 bridgehead atoms. The topological polar surface area (TPSA) is 70.2 Å². The summed E-state index contributed by atoms with van der Waals surface area (Å²) in [5.41, 5.74) is 0.940. The van der Waals surface area contributed by atoms with Crippen molar-refractivity contribution in [3.05, 3.63) is 23.7 Å². The molecule has 6 heteroatoms. The summed E-state index contributed by atoms with van der Waals surface area (Å²) in [6, 6.07) is 5.07. The molecule has 1 unspecified atom stereocenters. The van der Waals surface area contributed by atoms with Gasteiger partial charge in [-0.3, -0.25) is 0 Å². The van der Waals surface area contributed by atoms with E-state index < -0.39 is 6.10 Å². The van der Waals surface area contributed by atoms with Gasteiger partial charge in [-0.2, -0.15) is 0 Å². The van der Waals surface area contributed by atoms with E-state index in [1.807, 2.05) is 17.5 Å². The summed E-state index contributed by atoms with van der Waals surface area (Å²) in [5.74, 6) is 0. The average molecular weight is 279 g/mol. The molecular weight excluding hydrogens is 262 g/mol. The highest BCUT2D eigenvalue weighted by Crippen LogP contribution is 2.24. The van der Waals surface area contributed by atoms with Crippen LogP contribution in [0.1, 0.15) is 12.8 Å². The molecule has 3 N–H and O–H groups in total. The van der Waals surface area contributed by atoms with Crippen molar-refractivity contribution in [2.24, 2.45) is 0 Å². The molecule has 0 aliphatic heterocycles. The first-order chi connectivity index (χ1) is 9.31. The van der Waals surface area contributed by atoms with E-state index in [0.717, 1.165) is 10.6 Å². The molecule has 1 fully saturated rings. The van der Waals surface area contributed by atoms with Crippen molar-refractivity contribution in [2.75, 3.05) is 13.2 Å². The second-order valence-electron chi connectivity index (χ2n) is 4.73. The Hall–Kier alpha value is -1.37. The maximum Gasteiger partial charge on any atom is 0.294 e. The Kier molecular flexibility index (Phi) is 3.82. The van der Waals surface area contributed by atoms with Crippen LogP contribution < -0.4 is 10.1 Å². The molecule has 2 heterocycles. The van der Waals surface area contributed by atoms with Crippen LogP contribution in [0.2, 0.25) is 0 Å². The SMILES string of the molecule is OC(CNC1CC1)COc1ncc(-c2cccs2)[nH]1. The lowest BCUT2D eigenvalue weighted by molar-refractivity contribution is 0.101. The maximum atomic E-state index is 9.75. The number of nitrogens with zero attached hydrogens (tertiary/aromatic N) is 1. The Morgan fingerprint density at radius 1 is 1.58 bits per heavy atom. The molecule has 102 valence electrons. The van der Waals surface area contributed by atoms with Crippen molar-refractivity contribution in [3.63, 3.8) is 0 Å². The maximum absolute atomic E-state index is 9.75. The lowest BCUT2D eigenvalue weighted by atomic mass is 10.4. The van der Waals surface area contributed by atoms with Crippen LogP contribution >= 0.6 is 11.3 Å². The van der Waals surface area contributed by atoms with Gasteiger partial charge in [0.1, 0.15) is 12.7 Å². The zero-order valence-electron chi connectivity index (χ0n) is 10.5. The first-order valence-electron chi connectivity index (χ1n) is 6.44. The summed E-state index contributed by atoms with van der Waals surface area (Å²) in [6.45, 7) is 0.820. The molecule has 1 aliphatic rings. The predicted octanol–water partition coefficient (Wildman–Crippen LogP) is 1.63. The van der Waals surface area contributed by atoms with Crippen LogP contribution in [0.3, 0.4) is 0 Å². The molecule has 1 aliphatic carbocycles. The van der Waals surface area contributed by atoms with Gasteiger partial charge >= 0.3 is 0 Å². The lowest BCUT2D eigenvalue weighted by Crippen LogP contribution is -2.32. The smallest absolute Gasteiger partial charge is 0.294 e. The first-order valence-corrected chi connectivity index (χ1v) is 7.32. The Morgan fingerprint density at radius 2 is 2.47 bits per heavy atom. The van der Waals surface area contributed by atoms with Crippen molar-refractivity contribution in [2.45, 2.75) is 25.0 Å². The Bertz CT molecular complexity index is 508. The summed E-state index contributed by atoms with van der Waals surface area (Å²) in [7, 11) is 0. The number of thiophene rings is 1. The van der Waals surface area contributed by atoms with E-state index >= 15 is 0 Å². The normalized spacial score (nSPS) is 16.5. The van der Waals surface area contributed by atoms with E-state index in [1.165, 1.54) is 12.8 Å². The molecule has 5 nitrogen and oxygen atoms in total. The highest BCUT2D eigenvalue weighted by atomic mass is 32.1. The summed E-state index contributed by atoms with van der Waals surface area (Å²) in [4.78, 5) is 8.37. The fourth-order valence-corrected chi connectivity index (χ4v) is 2.45. The van der Waals surface area contributed by atoms with Gasteiger partial charge in [0, 0.05) is 12.6 Å². The van der Waals surface area contributed by atoms with Crippen LogP contribution in [-0.4, -0.2) is 40.4 Å². The Morgan fingerprint density at radius 3 is 3.21 bits per heavy atom. The zero-order valence-corrected chi connectivity index (χ0v) is 11.3. The number of rotatable bonds is 7. The largest absolute Gasteiger partial charge is 0.462 e. The third kappa shape index (κ3) is 3.56. The molecular formula is C13H17N3O2S. The van der Waals surface area contributed by atoms with Gasteiger partial charge < -0.3 is 20.1 Å². The van der Waals surface area contributed by atoms with Crippen LogP contribution in [-0.2, 0) is 0 Å². The first kappa shape index (κ1) is 12.7. The molecule has 0 radical (unpaired) electrons. The van der Waals surface area contributed by atoms with E-state index in [9.17, 15) is 5.11 Å². The van der Waals surface area contributed by atoms with Crippen molar-refractivity contribution in [1.82, 2.24) is 15.3 Å². The summed E-state index contributed by atoms with van der Waals surface area (Å²) in [5, 5.41) is 15.0. The number of H-pyrrole nitrogens is 1. The van der Waals surface area contributed by atoms with E-state index in [1.54, 1.807) is 17.5 Å².